The third kappa shape index (κ3) is 18.5. The van der Waals surface area contributed by atoms with Crippen molar-refractivity contribution in [1.29, 1.82) is 0 Å². The Balaban J connectivity index is 2.27. The second kappa shape index (κ2) is 17.0. The predicted molar refractivity (Wildman–Crippen MR) is 143 cm³/mol. The molecule has 0 bridgehead atoms. The minimum atomic E-state index is -0.620. The number of rotatable bonds is 17. The Morgan fingerprint density at radius 2 is 1.45 bits per heavy atom. The van der Waals surface area contributed by atoms with Crippen LogP contribution in [0.3, 0.4) is 0 Å². The van der Waals surface area contributed by atoms with Gasteiger partial charge < -0.3 is 34.7 Å². The Kier molecular flexibility index (Phi) is 14.9. The van der Waals surface area contributed by atoms with Crippen LogP contribution in [-0.4, -0.2) is 68.2 Å². The van der Waals surface area contributed by atoms with Gasteiger partial charge in [0, 0.05) is 13.0 Å². The molecule has 1 aromatic carbocycles. The summed E-state index contributed by atoms with van der Waals surface area (Å²) in [4.78, 5) is 34.8. The van der Waals surface area contributed by atoms with E-state index in [1.807, 2.05) is 45.0 Å². The van der Waals surface area contributed by atoms with Crippen LogP contribution in [-0.2, 0) is 46.3 Å². The van der Waals surface area contributed by atoms with Gasteiger partial charge in [-0.25, -0.2) is 9.59 Å². The van der Waals surface area contributed by atoms with E-state index in [4.69, 9.17) is 29.4 Å². The zero-order valence-electron chi connectivity index (χ0n) is 23.8. The summed E-state index contributed by atoms with van der Waals surface area (Å²) in [6, 6.07) is 7.71. The minimum Gasteiger partial charge on any atom is -0.458 e. The Bertz CT molecular complexity index is 844. The van der Waals surface area contributed by atoms with Crippen molar-refractivity contribution in [3.05, 3.63) is 35.4 Å². The fourth-order valence-electron chi connectivity index (χ4n) is 3.23. The number of aryl methyl sites for hydroxylation is 1. The molecule has 0 aliphatic carbocycles. The molecule has 10 nitrogen and oxygen atoms in total. The van der Waals surface area contributed by atoms with Crippen LogP contribution in [0.25, 0.3) is 0 Å². The average molecular weight is 539 g/mol. The maximum Gasteiger partial charge on any atom is 0.407 e. The number of ether oxygens (including phenoxy) is 5. The highest BCUT2D eigenvalue weighted by Crippen LogP contribution is 2.11. The van der Waals surface area contributed by atoms with Crippen molar-refractivity contribution in [2.45, 2.75) is 91.1 Å². The average Bonchev–Trinajstić information content (AvgIpc) is 2.77. The van der Waals surface area contributed by atoms with Gasteiger partial charge in [-0.2, -0.15) is 0 Å². The smallest absolute Gasteiger partial charge is 0.407 e. The van der Waals surface area contributed by atoms with E-state index in [9.17, 15) is 14.4 Å². The van der Waals surface area contributed by atoms with Crippen LogP contribution in [0, 0.1) is 0 Å². The molecular formula is C28H46N2O8. The summed E-state index contributed by atoms with van der Waals surface area (Å²) in [5, 5.41) is 2.75. The zero-order valence-corrected chi connectivity index (χ0v) is 23.8. The highest BCUT2D eigenvalue weighted by Gasteiger charge is 2.20. The van der Waals surface area contributed by atoms with E-state index < -0.39 is 23.2 Å². The van der Waals surface area contributed by atoms with Crippen molar-refractivity contribution in [2.75, 3.05) is 33.0 Å². The molecule has 0 spiro atoms. The molecule has 0 heterocycles. The first kappa shape index (κ1) is 33.3. The van der Waals surface area contributed by atoms with Crippen molar-refractivity contribution in [3.8, 4) is 0 Å². The predicted octanol–water partition coefficient (Wildman–Crippen LogP) is 3.67. The Hall–Kier alpha value is -2.69. The van der Waals surface area contributed by atoms with Gasteiger partial charge in [-0.15, -0.1) is 0 Å². The van der Waals surface area contributed by atoms with Gasteiger partial charge in [-0.3, -0.25) is 4.79 Å². The largest absolute Gasteiger partial charge is 0.458 e. The van der Waals surface area contributed by atoms with Crippen molar-refractivity contribution in [2.24, 2.45) is 5.73 Å². The maximum atomic E-state index is 12.1. The molecule has 1 rings (SSSR count). The standard InChI is InChI=1S/C28H46N2O8/c1-27(2,3)37-25(32)20-35-17-16-34-15-7-8-21-9-11-22(12-10-21)18-36-19-23(13-14-24(29)31)30-26(33)38-28(4,5)6/h9-12,23H,7-8,13-20H2,1-6H3,(H2,29,31)(H,30,33). The van der Waals surface area contributed by atoms with Crippen LogP contribution in [0.2, 0.25) is 0 Å². The molecule has 0 aliphatic heterocycles. The van der Waals surface area contributed by atoms with Crippen LogP contribution >= 0.6 is 0 Å². The number of carbonyl (C=O) groups excluding carboxylic acids is 3. The molecule has 0 radical (unpaired) electrons. The van der Waals surface area contributed by atoms with Crippen molar-refractivity contribution in [3.63, 3.8) is 0 Å². The third-order valence-corrected chi connectivity index (χ3v) is 4.84. The highest BCUT2D eigenvalue weighted by molar-refractivity contribution is 5.74. The molecule has 2 amide bonds. The maximum absolute atomic E-state index is 12.1. The summed E-state index contributed by atoms with van der Waals surface area (Å²) in [5.41, 5.74) is 6.30. The van der Waals surface area contributed by atoms with Gasteiger partial charge in [0.15, 0.2) is 0 Å². The van der Waals surface area contributed by atoms with Gasteiger partial charge in [0.05, 0.1) is 32.5 Å². The number of hydrogen-bond acceptors (Lipinski definition) is 8. The second-order valence-electron chi connectivity index (χ2n) is 11.0. The lowest BCUT2D eigenvalue weighted by molar-refractivity contribution is -0.160. The Labute approximate surface area is 226 Å². The number of nitrogens with two attached hydrogens (primary N) is 1. The fraction of sp³-hybridized carbons (Fsp3) is 0.679. The molecule has 3 N–H and O–H groups in total. The topological polar surface area (TPSA) is 135 Å². The monoisotopic (exact) mass is 538 g/mol. The zero-order chi connectivity index (χ0) is 28.6. The quantitative estimate of drug-likeness (QED) is 0.227. The van der Waals surface area contributed by atoms with E-state index in [1.54, 1.807) is 20.8 Å². The third-order valence-electron chi connectivity index (χ3n) is 4.84. The van der Waals surface area contributed by atoms with Crippen molar-refractivity contribution in [1.82, 2.24) is 5.32 Å². The van der Waals surface area contributed by atoms with Crippen LogP contribution in [0.1, 0.15) is 71.9 Å². The Morgan fingerprint density at radius 3 is 2.05 bits per heavy atom. The molecule has 38 heavy (non-hydrogen) atoms. The van der Waals surface area contributed by atoms with Gasteiger partial charge in [-0.1, -0.05) is 24.3 Å². The van der Waals surface area contributed by atoms with Gasteiger partial charge in [0.25, 0.3) is 0 Å². The van der Waals surface area contributed by atoms with Crippen LogP contribution in [0.4, 0.5) is 4.79 Å². The van der Waals surface area contributed by atoms with Gasteiger partial charge in [0.2, 0.25) is 5.91 Å². The van der Waals surface area contributed by atoms with E-state index in [0.29, 0.717) is 32.8 Å². The number of hydrogen-bond donors (Lipinski definition) is 2. The molecule has 0 saturated heterocycles. The summed E-state index contributed by atoms with van der Waals surface area (Å²) in [7, 11) is 0. The van der Waals surface area contributed by atoms with Crippen molar-refractivity contribution >= 4 is 18.0 Å². The minimum absolute atomic E-state index is 0.0784. The second-order valence-corrected chi connectivity index (χ2v) is 11.0. The summed E-state index contributed by atoms with van der Waals surface area (Å²) >= 11 is 0. The molecule has 0 fully saturated rings. The molecule has 0 aromatic heterocycles. The molecule has 0 saturated carbocycles. The van der Waals surface area contributed by atoms with E-state index >= 15 is 0 Å². The van der Waals surface area contributed by atoms with E-state index in [0.717, 1.165) is 18.4 Å². The van der Waals surface area contributed by atoms with Crippen LogP contribution < -0.4 is 11.1 Å². The number of esters is 1. The molecule has 1 unspecified atom stereocenters. The molecule has 1 atom stereocenters. The van der Waals surface area contributed by atoms with E-state index in [1.165, 1.54) is 5.56 Å². The number of amides is 2. The summed E-state index contributed by atoms with van der Waals surface area (Å²) in [6.45, 7) is 12.7. The SMILES string of the molecule is CC(C)(C)OC(=O)COCCOCCCc1ccc(COCC(CCC(N)=O)NC(=O)OC(C)(C)C)cc1. The number of alkyl carbamates (subject to hydrolysis) is 1. The van der Waals surface area contributed by atoms with Gasteiger partial charge >= 0.3 is 12.1 Å². The van der Waals surface area contributed by atoms with Crippen LogP contribution in [0.15, 0.2) is 24.3 Å². The number of carbonyl (C=O) groups is 3. The molecular weight excluding hydrogens is 492 g/mol. The molecule has 0 aliphatic rings. The lowest BCUT2D eigenvalue weighted by Crippen LogP contribution is -2.42. The fourth-order valence-corrected chi connectivity index (χ4v) is 3.23. The Morgan fingerprint density at radius 1 is 0.842 bits per heavy atom. The number of primary amides is 1. The molecule has 1 aromatic rings. The first-order valence-corrected chi connectivity index (χ1v) is 13.0. The summed E-state index contributed by atoms with van der Waals surface area (Å²) in [5.74, 6) is -0.819. The van der Waals surface area contributed by atoms with Gasteiger partial charge in [0.1, 0.15) is 17.8 Å². The van der Waals surface area contributed by atoms with E-state index in [-0.39, 0.29) is 31.6 Å². The lowest BCUT2D eigenvalue weighted by atomic mass is 10.1. The summed E-state index contributed by atoms with van der Waals surface area (Å²) < 4.78 is 27.1. The highest BCUT2D eigenvalue weighted by atomic mass is 16.6. The number of nitrogens with one attached hydrogen (secondary N) is 1. The van der Waals surface area contributed by atoms with E-state index in [2.05, 4.69) is 5.32 Å². The molecule has 216 valence electrons. The van der Waals surface area contributed by atoms with Gasteiger partial charge in [-0.05, 0) is 71.9 Å². The van der Waals surface area contributed by atoms with Crippen molar-refractivity contribution < 1.29 is 38.1 Å². The normalized spacial score (nSPS) is 12.6. The first-order chi connectivity index (χ1) is 17.7. The number of benzene rings is 1. The van der Waals surface area contributed by atoms with Crippen LogP contribution in [0.5, 0.6) is 0 Å². The first-order valence-electron chi connectivity index (χ1n) is 13.0. The summed E-state index contributed by atoms with van der Waals surface area (Å²) in [6.07, 6.45) is 1.68. The lowest BCUT2D eigenvalue weighted by Gasteiger charge is -2.23. The molecule has 10 heteroatoms.